The predicted molar refractivity (Wildman–Crippen MR) is 51.6 cm³/mol. The summed E-state index contributed by atoms with van der Waals surface area (Å²) in [5.41, 5.74) is 1.31. The number of aromatic nitrogens is 1. The normalized spacial score (nSPS) is 27.8. The molecule has 1 saturated carbocycles. The molecule has 1 aromatic rings. The highest BCUT2D eigenvalue weighted by Crippen LogP contribution is 2.38. The van der Waals surface area contributed by atoms with Crippen LogP contribution < -0.4 is 0 Å². The zero-order chi connectivity index (χ0) is 9.26. The van der Waals surface area contributed by atoms with E-state index >= 15 is 0 Å². The maximum atomic E-state index is 10.8. The van der Waals surface area contributed by atoms with Crippen LogP contribution in [0, 0.1) is 5.92 Å². The van der Waals surface area contributed by atoms with E-state index in [9.17, 15) is 4.79 Å². The van der Waals surface area contributed by atoms with Crippen LogP contribution >= 0.6 is 0 Å². The monoisotopic (exact) mass is 177 g/mol. The molecule has 2 nitrogen and oxygen atoms in total. The van der Waals surface area contributed by atoms with E-state index in [1.165, 1.54) is 18.5 Å². The van der Waals surface area contributed by atoms with Crippen LogP contribution in [0.1, 0.15) is 30.9 Å². The summed E-state index contributed by atoms with van der Waals surface area (Å²) in [5.74, 6) is 0.728. The Morgan fingerprint density at radius 3 is 3.00 bits per heavy atom. The Bertz CT molecular complexity index is 303. The van der Waals surface area contributed by atoms with Gasteiger partial charge in [0.05, 0.1) is 0 Å². The Kier molecular flexibility index (Phi) is 2.21. The SMILES string of the molecule is Cn1cccc1[C@@H]1CCC[C@H]1C=O. The van der Waals surface area contributed by atoms with Crippen LogP contribution in [0.3, 0.4) is 0 Å². The lowest BCUT2D eigenvalue weighted by molar-refractivity contribution is -0.111. The first-order chi connectivity index (χ1) is 6.33. The average molecular weight is 177 g/mol. The van der Waals surface area contributed by atoms with Gasteiger partial charge in [-0.15, -0.1) is 0 Å². The lowest BCUT2D eigenvalue weighted by Gasteiger charge is -2.15. The third-order valence-corrected chi connectivity index (χ3v) is 3.11. The molecule has 2 atom stereocenters. The quantitative estimate of drug-likeness (QED) is 0.634. The first-order valence-corrected chi connectivity index (χ1v) is 4.89. The fourth-order valence-electron chi connectivity index (χ4n) is 2.38. The topological polar surface area (TPSA) is 22.0 Å². The average Bonchev–Trinajstić information content (AvgIpc) is 2.71. The van der Waals surface area contributed by atoms with Crippen molar-refractivity contribution in [3.05, 3.63) is 24.0 Å². The third kappa shape index (κ3) is 1.41. The molecule has 0 N–H and O–H groups in total. The van der Waals surface area contributed by atoms with E-state index < -0.39 is 0 Å². The van der Waals surface area contributed by atoms with Crippen molar-refractivity contribution < 1.29 is 4.79 Å². The molecule has 13 heavy (non-hydrogen) atoms. The molecular weight excluding hydrogens is 162 g/mol. The van der Waals surface area contributed by atoms with Crippen molar-refractivity contribution in [3.8, 4) is 0 Å². The Labute approximate surface area is 78.6 Å². The van der Waals surface area contributed by atoms with Gasteiger partial charge in [0, 0.05) is 30.8 Å². The van der Waals surface area contributed by atoms with Gasteiger partial charge in [-0.3, -0.25) is 0 Å². The van der Waals surface area contributed by atoms with Crippen LogP contribution in [0.5, 0.6) is 0 Å². The number of carbonyl (C=O) groups is 1. The smallest absolute Gasteiger partial charge is 0.123 e. The summed E-state index contributed by atoms with van der Waals surface area (Å²) in [7, 11) is 2.05. The second-order valence-corrected chi connectivity index (χ2v) is 3.88. The van der Waals surface area contributed by atoms with Crippen molar-refractivity contribution in [2.45, 2.75) is 25.2 Å². The van der Waals surface area contributed by atoms with Crippen molar-refractivity contribution in [3.63, 3.8) is 0 Å². The minimum Gasteiger partial charge on any atom is -0.354 e. The summed E-state index contributed by atoms with van der Waals surface area (Å²) in [5, 5.41) is 0. The number of aryl methyl sites for hydroxylation is 1. The van der Waals surface area contributed by atoms with Gasteiger partial charge in [-0.25, -0.2) is 0 Å². The Hall–Kier alpha value is -1.05. The van der Waals surface area contributed by atoms with Crippen LogP contribution in [-0.2, 0) is 11.8 Å². The number of hydrogen-bond donors (Lipinski definition) is 0. The highest BCUT2D eigenvalue weighted by molar-refractivity contribution is 5.56. The molecule has 1 aliphatic carbocycles. The van der Waals surface area contributed by atoms with Gasteiger partial charge in [0.1, 0.15) is 6.29 Å². The maximum Gasteiger partial charge on any atom is 0.123 e. The molecule has 0 aliphatic heterocycles. The van der Waals surface area contributed by atoms with Crippen LogP contribution in [0.4, 0.5) is 0 Å². The molecule has 0 saturated heterocycles. The predicted octanol–water partition coefficient (Wildman–Crippen LogP) is 2.11. The van der Waals surface area contributed by atoms with Crippen LogP contribution in [0.2, 0.25) is 0 Å². The Morgan fingerprint density at radius 1 is 1.54 bits per heavy atom. The van der Waals surface area contributed by atoms with Crippen LogP contribution in [-0.4, -0.2) is 10.9 Å². The second kappa shape index (κ2) is 3.36. The van der Waals surface area contributed by atoms with E-state index in [-0.39, 0.29) is 5.92 Å². The van der Waals surface area contributed by atoms with E-state index in [0.29, 0.717) is 5.92 Å². The largest absolute Gasteiger partial charge is 0.354 e. The summed E-state index contributed by atoms with van der Waals surface area (Å²) in [6.07, 6.45) is 6.61. The first-order valence-electron chi connectivity index (χ1n) is 4.89. The summed E-state index contributed by atoms with van der Waals surface area (Å²) < 4.78 is 2.13. The number of carbonyl (C=O) groups excluding carboxylic acids is 1. The minimum absolute atomic E-state index is 0.258. The third-order valence-electron chi connectivity index (χ3n) is 3.11. The van der Waals surface area contributed by atoms with Gasteiger partial charge in [0.2, 0.25) is 0 Å². The summed E-state index contributed by atoms with van der Waals surface area (Å²) in [6.45, 7) is 0. The molecule has 1 aromatic heterocycles. The molecule has 0 aromatic carbocycles. The first kappa shape index (κ1) is 8.54. The molecule has 0 unspecified atom stereocenters. The molecule has 0 amide bonds. The van der Waals surface area contributed by atoms with Crippen LogP contribution in [0.15, 0.2) is 18.3 Å². The molecule has 1 fully saturated rings. The lowest BCUT2D eigenvalue weighted by Crippen LogP contribution is -2.10. The summed E-state index contributed by atoms with van der Waals surface area (Å²) in [6, 6.07) is 4.18. The van der Waals surface area contributed by atoms with Gasteiger partial charge in [0.25, 0.3) is 0 Å². The van der Waals surface area contributed by atoms with Gasteiger partial charge in [-0.05, 0) is 25.0 Å². The van der Waals surface area contributed by atoms with Crippen molar-refractivity contribution in [2.24, 2.45) is 13.0 Å². The summed E-state index contributed by atoms with van der Waals surface area (Å²) >= 11 is 0. The molecule has 2 rings (SSSR count). The van der Waals surface area contributed by atoms with Crippen LogP contribution in [0.25, 0.3) is 0 Å². The fourth-order valence-corrected chi connectivity index (χ4v) is 2.38. The fraction of sp³-hybridized carbons (Fsp3) is 0.545. The van der Waals surface area contributed by atoms with Gasteiger partial charge in [0.15, 0.2) is 0 Å². The van der Waals surface area contributed by atoms with Crippen molar-refractivity contribution in [2.75, 3.05) is 0 Å². The molecule has 0 bridgehead atoms. The van der Waals surface area contributed by atoms with E-state index in [1.807, 2.05) is 0 Å². The zero-order valence-electron chi connectivity index (χ0n) is 7.94. The highest BCUT2D eigenvalue weighted by Gasteiger charge is 2.29. The van der Waals surface area contributed by atoms with E-state index in [1.54, 1.807) is 0 Å². The van der Waals surface area contributed by atoms with Gasteiger partial charge in [-0.2, -0.15) is 0 Å². The standard InChI is InChI=1S/C11H15NO/c1-12-7-3-6-11(12)10-5-2-4-9(10)8-13/h3,6-10H,2,4-5H2,1H3/t9-,10+/m0/s1. The van der Waals surface area contributed by atoms with E-state index in [4.69, 9.17) is 0 Å². The number of nitrogens with zero attached hydrogens (tertiary/aromatic N) is 1. The maximum absolute atomic E-state index is 10.8. The molecule has 2 heteroatoms. The highest BCUT2D eigenvalue weighted by atomic mass is 16.1. The Balaban J connectivity index is 2.25. The van der Waals surface area contributed by atoms with Crippen molar-refractivity contribution in [1.82, 2.24) is 4.57 Å². The van der Waals surface area contributed by atoms with Crippen molar-refractivity contribution in [1.29, 1.82) is 0 Å². The molecule has 0 radical (unpaired) electrons. The molecule has 1 heterocycles. The van der Waals surface area contributed by atoms with E-state index in [0.717, 1.165) is 12.7 Å². The number of aldehydes is 1. The zero-order valence-corrected chi connectivity index (χ0v) is 7.94. The Morgan fingerprint density at radius 2 is 2.38 bits per heavy atom. The minimum atomic E-state index is 0.258. The number of rotatable bonds is 2. The molecule has 1 aliphatic rings. The second-order valence-electron chi connectivity index (χ2n) is 3.88. The number of hydrogen-bond acceptors (Lipinski definition) is 1. The van der Waals surface area contributed by atoms with Crippen molar-refractivity contribution >= 4 is 6.29 Å². The van der Waals surface area contributed by atoms with Gasteiger partial charge >= 0.3 is 0 Å². The lowest BCUT2D eigenvalue weighted by atomic mass is 9.94. The van der Waals surface area contributed by atoms with Gasteiger partial charge in [-0.1, -0.05) is 6.42 Å². The van der Waals surface area contributed by atoms with Gasteiger partial charge < -0.3 is 9.36 Å². The van der Waals surface area contributed by atoms with E-state index in [2.05, 4.69) is 29.9 Å². The summed E-state index contributed by atoms with van der Waals surface area (Å²) in [4.78, 5) is 10.8. The molecule has 70 valence electrons. The molecular formula is C11H15NO. The molecule has 0 spiro atoms.